The molecular formula is C15H31N3O2. The number of aliphatic imine (C=N–C) groups is 1. The van der Waals surface area contributed by atoms with E-state index in [1.165, 1.54) is 26.4 Å². The molecule has 0 saturated carbocycles. The molecule has 0 saturated heterocycles. The number of methoxy groups -OCH3 is 1. The number of rotatable bonds is 10. The van der Waals surface area contributed by atoms with Gasteiger partial charge in [0.05, 0.1) is 13.5 Å². The summed E-state index contributed by atoms with van der Waals surface area (Å²) in [6.45, 7) is 8.66. The molecule has 5 nitrogen and oxygen atoms in total. The molecule has 0 aromatic rings. The van der Waals surface area contributed by atoms with E-state index in [-0.39, 0.29) is 5.97 Å². The standard InChI is InChI=1S/C15H31N3O2/c1-5-8-9-13(6-2)12-18-15(16-7-3)17-11-10-14(19)20-4/h13H,5-12H2,1-4H3,(H2,16,17,18). The van der Waals surface area contributed by atoms with Crippen LogP contribution in [-0.4, -0.2) is 38.7 Å². The lowest BCUT2D eigenvalue weighted by atomic mass is 10.00. The van der Waals surface area contributed by atoms with Crippen molar-refractivity contribution < 1.29 is 9.53 Å². The molecule has 0 heterocycles. The number of carbonyl (C=O) groups is 1. The predicted octanol–water partition coefficient (Wildman–Crippen LogP) is 2.32. The highest BCUT2D eigenvalue weighted by Crippen LogP contribution is 2.12. The first-order valence-electron chi connectivity index (χ1n) is 7.76. The normalized spacial score (nSPS) is 12.9. The Kier molecular flexibility index (Phi) is 12.0. The van der Waals surface area contributed by atoms with E-state index in [1.54, 1.807) is 0 Å². The Balaban J connectivity index is 4.19. The van der Waals surface area contributed by atoms with E-state index in [9.17, 15) is 4.79 Å². The monoisotopic (exact) mass is 285 g/mol. The molecular weight excluding hydrogens is 254 g/mol. The van der Waals surface area contributed by atoms with Crippen LogP contribution in [0.4, 0.5) is 0 Å². The summed E-state index contributed by atoms with van der Waals surface area (Å²) in [5, 5.41) is 6.36. The van der Waals surface area contributed by atoms with Gasteiger partial charge in [0.15, 0.2) is 5.96 Å². The quantitative estimate of drug-likeness (QED) is 0.367. The van der Waals surface area contributed by atoms with Crippen molar-refractivity contribution >= 4 is 11.9 Å². The Labute approximate surface area is 123 Å². The topological polar surface area (TPSA) is 62.7 Å². The van der Waals surface area contributed by atoms with Crippen molar-refractivity contribution in [2.24, 2.45) is 10.9 Å². The van der Waals surface area contributed by atoms with Gasteiger partial charge in [0.1, 0.15) is 0 Å². The smallest absolute Gasteiger partial charge is 0.307 e. The average Bonchev–Trinajstić information content (AvgIpc) is 2.47. The van der Waals surface area contributed by atoms with Gasteiger partial charge in [-0.05, 0) is 19.3 Å². The van der Waals surface area contributed by atoms with Crippen LogP contribution in [0.2, 0.25) is 0 Å². The molecule has 5 heteroatoms. The highest BCUT2D eigenvalue weighted by molar-refractivity contribution is 5.80. The van der Waals surface area contributed by atoms with Crippen molar-refractivity contribution in [1.29, 1.82) is 0 Å². The van der Waals surface area contributed by atoms with E-state index in [1.807, 2.05) is 6.92 Å². The summed E-state index contributed by atoms with van der Waals surface area (Å²) in [6.07, 6.45) is 5.25. The van der Waals surface area contributed by atoms with Crippen LogP contribution in [-0.2, 0) is 9.53 Å². The van der Waals surface area contributed by atoms with E-state index in [0.29, 0.717) is 18.9 Å². The van der Waals surface area contributed by atoms with Crippen molar-refractivity contribution in [3.63, 3.8) is 0 Å². The highest BCUT2D eigenvalue weighted by atomic mass is 16.5. The maximum Gasteiger partial charge on any atom is 0.307 e. The number of hydrogen-bond acceptors (Lipinski definition) is 3. The zero-order valence-electron chi connectivity index (χ0n) is 13.5. The Morgan fingerprint density at radius 1 is 1.25 bits per heavy atom. The van der Waals surface area contributed by atoms with Gasteiger partial charge in [0, 0.05) is 19.6 Å². The molecule has 0 aromatic carbocycles. The number of esters is 1. The molecule has 0 bridgehead atoms. The maximum absolute atomic E-state index is 11.1. The van der Waals surface area contributed by atoms with E-state index < -0.39 is 0 Å². The van der Waals surface area contributed by atoms with Crippen molar-refractivity contribution in [3.8, 4) is 0 Å². The molecule has 2 N–H and O–H groups in total. The fraction of sp³-hybridized carbons (Fsp3) is 0.867. The number of unbranched alkanes of at least 4 members (excludes halogenated alkanes) is 1. The van der Waals surface area contributed by atoms with Gasteiger partial charge in [-0.15, -0.1) is 0 Å². The summed E-state index contributed by atoms with van der Waals surface area (Å²) in [7, 11) is 1.40. The van der Waals surface area contributed by atoms with Crippen LogP contribution < -0.4 is 10.6 Å². The molecule has 0 aromatic heterocycles. The van der Waals surface area contributed by atoms with E-state index in [4.69, 9.17) is 0 Å². The Morgan fingerprint density at radius 2 is 2.00 bits per heavy atom. The average molecular weight is 285 g/mol. The summed E-state index contributed by atoms with van der Waals surface area (Å²) in [5.41, 5.74) is 0. The van der Waals surface area contributed by atoms with Gasteiger partial charge in [0.2, 0.25) is 0 Å². The summed E-state index contributed by atoms with van der Waals surface area (Å²) >= 11 is 0. The highest BCUT2D eigenvalue weighted by Gasteiger charge is 2.06. The lowest BCUT2D eigenvalue weighted by molar-refractivity contribution is -0.140. The second-order valence-electron chi connectivity index (χ2n) is 4.89. The molecule has 0 aliphatic heterocycles. The minimum absolute atomic E-state index is 0.206. The molecule has 0 amide bonds. The molecule has 20 heavy (non-hydrogen) atoms. The minimum Gasteiger partial charge on any atom is -0.469 e. The SMILES string of the molecule is CCCCC(CC)CN=C(NCC)NCCC(=O)OC. The first-order valence-corrected chi connectivity index (χ1v) is 7.76. The van der Waals surface area contributed by atoms with Gasteiger partial charge in [-0.1, -0.05) is 33.1 Å². The summed E-state index contributed by atoms with van der Waals surface area (Å²) < 4.78 is 4.61. The van der Waals surface area contributed by atoms with Crippen molar-refractivity contribution in [2.75, 3.05) is 26.7 Å². The number of ether oxygens (including phenoxy) is 1. The van der Waals surface area contributed by atoms with Crippen molar-refractivity contribution in [1.82, 2.24) is 10.6 Å². The fourth-order valence-electron chi connectivity index (χ4n) is 1.86. The fourth-order valence-corrected chi connectivity index (χ4v) is 1.86. The van der Waals surface area contributed by atoms with Crippen LogP contribution in [0, 0.1) is 5.92 Å². The van der Waals surface area contributed by atoms with Crippen molar-refractivity contribution in [2.45, 2.75) is 52.9 Å². The van der Waals surface area contributed by atoms with Gasteiger partial charge in [-0.3, -0.25) is 9.79 Å². The van der Waals surface area contributed by atoms with Crippen molar-refractivity contribution in [3.05, 3.63) is 0 Å². The van der Waals surface area contributed by atoms with Gasteiger partial charge in [-0.25, -0.2) is 0 Å². The molecule has 0 aliphatic rings. The number of carbonyl (C=O) groups excluding carboxylic acids is 1. The van der Waals surface area contributed by atoms with E-state index in [2.05, 4.69) is 34.2 Å². The molecule has 0 radical (unpaired) electrons. The third-order valence-corrected chi connectivity index (χ3v) is 3.24. The summed E-state index contributed by atoms with van der Waals surface area (Å²) in [6, 6.07) is 0. The zero-order chi connectivity index (χ0) is 15.2. The van der Waals surface area contributed by atoms with Crippen LogP contribution in [0.15, 0.2) is 4.99 Å². The molecule has 0 rings (SSSR count). The Morgan fingerprint density at radius 3 is 2.55 bits per heavy atom. The lowest BCUT2D eigenvalue weighted by Crippen LogP contribution is -2.38. The van der Waals surface area contributed by atoms with Crippen LogP contribution in [0.1, 0.15) is 52.9 Å². The third-order valence-electron chi connectivity index (χ3n) is 3.24. The number of nitrogens with one attached hydrogen (secondary N) is 2. The Bertz CT molecular complexity index is 280. The van der Waals surface area contributed by atoms with Gasteiger partial charge < -0.3 is 15.4 Å². The van der Waals surface area contributed by atoms with Crippen LogP contribution in [0.5, 0.6) is 0 Å². The first kappa shape index (κ1) is 18.7. The molecule has 1 atom stereocenters. The second-order valence-corrected chi connectivity index (χ2v) is 4.89. The minimum atomic E-state index is -0.206. The summed E-state index contributed by atoms with van der Waals surface area (Å²) in [5.74, 6) is 1.22. The molecule has 1 unspecified atom stereocenters. The third kappa shape index (κ3) is 9.64. The number of hydrogen-bond donors (Lipinski definition) is 2. The van der Waals surface area contributed by atoms with E-state index in [0.717, 1.165) is 25.5 Å². The molecule has 0 fully saturated rings. The molecule has 0 spiro atoms. The van der Waals surface area contributed by atoms with Gasteiger partial charge in [-0.2, -0.15) is 0 Å². The summed E-state index contributed by atoms with van der Waals surface area (Å²) in [4.78, 5) is 15.7. The van der Waals surface area contributed by atoms with Crippen LogP contribution in [0.25, 0.3) is 0 Å². The van der Waals surface area contributed by atoms with Gasteiger partial charge >= 0.3 is 5.97 Å². The largest absolute Gasteiger partial charge is 0.469 e. The zero-order valence-corrected chi connectivity index (χ0v) is 13.5. The van der Waals surface area contributed by atoms with Crippen LogP contribution in [0.3, 0.4) is 0 Å². The van der Waals surface area contributed by atoms with E-state index >= 15 is 0 Å². The lowest BCUT2D eigenvalue weighted by Gasteiger charge is -2.14. The first-order chi connectivity index (χ1) is 9.67. The van der Waals surface area contributed by atoms with Gasteiger partial charge in [0.25, 0.3) is 0 Å². The number of guanidine groups is 1. The predicted molar refractivity (Wildman–Crippen MR) is 83.9 cm³/mol. The maximum atomic E-state index is 11.1. The van der Waals surface area contributed by atoms with Crippen LogP contribution >= 0.6 is 0 Å². The Hall–Kier alpha value is -1.26. The second kappa shape index (κ2) is 12.8. The molecule has 118 valence electrons. The molecule has 0 aliphatic carbocycles. The number of nitrogens with zero attached hydrogens (tertiary/aromatic N) is 1.